The fraction of sp³-hybridized carbons (Fsp3) is 0.882. The highest BCUT2D eigenvalue weighted by Crippen LogP contribution is 2.35. The summed E-state index contributed by atoms with van der Waals surface area (Å²) in [6.45, 7) is 6.30. The Morgan fingerprint density at radius 1 is 1.14 bits per heavy atom. The van der Waals surface area contributed by atoms with Crippen molar-refractivity contribution in [3.05, 3.63) is 11.6 Å². The summed E-state index contributed by atoms with van der Waals surface area (Å²) in [6, 6.07) is 0.523. The fourth-order valence-electron chi connectivity index (χ4n) is 4.32. The average molecular weight is 306 g/mol. The molecule has 0 spiro atoms. The molecule has 5 heteroatoms. The summed E-state index contributed by atoms with van der Waals surface area (Å²) in [6.07, 6.45) is 6.97. The van der Waals surface area contributed by atoms with Crippen LogP contribution in [0.5, 0.6) is 0 Å². The van der Waals surface area contributed by atoms with E-state index in [1.165, 1.54) is 32.1 Å². The quantitative estimate of drug-likeness (QED) is 0.928. The van der Waals surface area contributed by atoms with Crippen molar-refractivity contribution in [1.29, 1.82) is 0 Å². The number of nitrogens with zero attached hydrogens (tertiary/aromatic N) is 4. The van der Waals surface area contributed by atoms with E-state index in [-0.39, 0.29) is 6.10 Å². The van der Waals surface area contributed by atoms with Gasteiger partial charge in [0.25, 0.3) is 0 Å². The Hall–Kier alpha value is -0.940. The monoisotopic (exact) mass is 306 g/mol. The molecule has 2 fully saturated rings. The highest BCUT2D eigenvalue weighted by molar-refractivity contribution is 5.01. The molecule has 1 N–H and O–H groups in total. The van der Waals surface area contributed by atoms with Crippen LogP contribution >= 0.6 is 0 Å². The first kappa shape index (κ1) is 15.9. The first-order valence-electron chi connectivity index (χ1n) is 8.88. The van der Waals surface area contributed by atoms with Crippen LogP contribution in [0.3, 0.4) is 0 Å². The lowest BCUT2D eigenvalue weighted by atomic mass is 9.80. The Morgan fingerprint density at radius 3 is 2.59 bits per heavy atom. The van der Waals surface area contributed by atoms with E-state index in [0.717, 1.165) is 31.2 Å². The minimum absolute atomic E-state index is 0.106. The van der Waals surface area contributed by atoms with E-state index in [0.29, 0.717) is 17.9 Å². The van der Waals surface area contributed by atoms with Gasteiger partial charge in [-0.3, -0.25) is 4.90 Å². The van der Waals surface area contributed by atoms with Crippen molar-refractivity contribution < 1.29 is 5.11 Å². The smallest absolute Gasteiger partial charge is 0.146 e. The predicted molar refractivity (Wildman–Crippen MR) is 86.5 cm³/mol. The van der Waals surface area contributed by atoms with E-state index >= 15 is 0 Å². The molecule has 0 unspecified atom stereocenters. The lowest BCUT2D eigenvalue weighted by molar-refractivity contribution is 0.0193. The standard InChI is InChI=1S/C17H30N4O/c1-12(2)17-19-18-16(20(17)3)11-21-10-6-8-14(21)13-7-4-5-9-15(13)22/h12-15,22H,4-11H2,1-3H3/t13-,14+,15-/m0/s1. The van der Waals surface area contributed by atoms with Gasteiger partial charge in [-0.1, -0.05) is 26.7 Å². The zero-order chi connectivity index (χ0) is 15.7. The van der Waals surface area contributed by atoms with E-state index < -0.39 is 0 Å². The fourth-order valence-corrected chi connectivity index (χ4v) is 4.32. The normalized spacial score (nSPS) is 30.3. The highest BCUT2D eigenvalue weighted by Gasteiger charge is 2.37. The number of aliphatic hydroxyl groups excluding tert-OH is 1. The van der Waals surface area contributed by atoms with Gasteiger partial charge < -0.3 is 9.67 Å². The van der Waals surface area contributed by atoms with E-state index in [1.54, 1.807) is 0 Å². The van der Waals surface area contributed by atoms with Gasteiger partial charge in [0.1, 0.15) is 11.6 Å². The van der Waals surface area contributed by atoms with Crippen LogP contribution in [-0.4, -0.2) is 43.5 Å². The predicted octanol–water partition coefficient (Wildman–Crippen LogP) is 2.45. The molecule has 1 saturated carbocycles. The van der Waals surface area contributed by atoms with Crippen LogP contribution in [0.15, 0.2) is 0 Å². The second kappa shape index (κ2) is 6.67. The van der Waals surface area contributed by atoms with Crippen LogP contribution in [-0.2, 0) is 13.6 Å². The van der Waals surface area contributed by atoms with Crippen LogP contribution in [0.4, 0.5) is 0 Å². The Labute approximate surface area is 133 Å². The second-order valence-corrected chi connectivity index (χ2v) is 7.38. The zero-order valence-corrected chi connectivity index (χ0v) is 14.2. The van der Waals surface area contributed by atoms with Crippen LogP contribution in [0.25, 0.3) is 0 Å². The molecule has 2 aliphatic rings. The molecular formula is C17H30N4O. The summed E-state index contributed by atoms with van der Waals surface area (Å²) in [5.41, 5.74) is 0. The third kappa shape index (κ3) is 3.06. The van der Waals surface area contributed by atoms with Crippen molar-refractivity contribution in [3.8, 4) is 0 Å². The summed E-state index contributed by atoms with van der Waals surface area (Å²) in [4.78, 5) is 2.54. The number of rotatable bonds is 4. The number of aliphatic hydroxyl groups is 1. The molecule has 3 atom stereocenters. The van der Waals surface area contributed by atoms with Crippen molar-refractivity contribution >= 4 is 0 Å². The maximum absolute atomic E-state index is 10.4. The van der Waals surface area contributed by atoms with Gasteiger partial charge in [-0.05, 0) is 32.2 Å². The number of aromatic nitrogens is 3. The van der Waals surface area contributed by atoms with Crippen LogP contribution < -0.4 is 0 Å². The van der Waals surface area contributed by atoms with Gasteiger partial charge >= 0.3 is 0 Å². The minimum Gasteiger partial charge on any atom is -0.393 e. The third-order valence-corrected chi connectivity index (χ3v) is 5.55. The molecule has 0 amide bonds. The molecule has 1 aliphatic carbocycles. The highest BCUT2D eigenvalue weighted by atomic mass is 16.3. The second-order valence-electron chi connectivity index (χ2n) is 7.38. The third-order valence-electron chi connectivity index (χ3n) is 5.55. The zero-order valence-electron chi connectivity index (χ0n) is 14.2. The molecule has 0 aromatic carbocycles. The average Bonchev–Trinajstić information content (AvgIpc) is 3.08. The summed E-state index contributed by atoms with van der Waals surface area (Å²) < 4.78 is 2.15. The molecule has 1 saturated heterocycles. The molecule has 1 aromatic rings. The number of hydrogen-bond acceptors (Lipinski definition) is 4. The van der Waals surface area contributed by atoms with E-state index in [1.807, 2.05) is 0 Å². The van der Waals surface area contributed by atoms with Gasteiger partial charge in [0.2, 0.25) is 0 Å². The molecule has 0 bridgehead atoms. The Kier molecular flexibility index (Phi) is 4.83. The maximum atomic E-state index is 10.4. The summed E-state index contributed by atoms with van der Waals surface area (Å²) in [7, 11) is 2.07. The van der Waals surface area contributed by atoms with Gasteiger partial charge in [0.15, 0.2) is 0 Å². The van der Waals surface area contributed by atoms with E-state index in [4.69, 9.17) is 0 Å². The van der Waals surface area contributed by atoms with E-state index in [9.17, 15) is 5.11 Å². The molecule has 1 aliphatic heterocycles. The summed E-state index contributed by atoms with van der Waals surface area (Å²) >= 11 is 0. The molecule has 5 nitrogen and oxygen atoms in total. The van der Waals surface area contributed by atoms with Crippen molar-refractivity contribution in [2.45, 2.75) is 77.0 Å². The van der Waals surface area contributed by atoms with Gasteiger partial charge in [0.05, 0.1) is 12.6 Å². The molecular weight excluding hydrogens is 276 g/mol. The Morgan fingerprint density at radius 2 is 1.91 bits per heavy atom. The van der Waals surface area contributed by atoms with Crippen molar-refractivity contribution in [2.24, 2.45) is 13.0 Å². The van der Waals surface area contributed by atoms with Crippen molar-refractivity contribution in [2.75, 3.05) is 6.54 Å². The van der Waals surface area contributed by atoms with Gasteiger partial charge in [-0.15, -0.1) is 10.2 Å². The minimum atomic E-state index is -0.106. The molecule has 22 heavy (non-hydrogen) atoms. The summed E-state index contributed by atoms with van der Waals surface area (Å²) in [5.74, 6) is 2.97. The lowest BCUT2D eigenvalue weighted by Crippen LogP contribution is -2.42. The van der Waals surface area contributed by atoms with Gasteiger partial charge in [0, 0.05) is 24.9 Å². The Bertz CT molecular complexity index is 499. The molecule has 3 rings (SSSR count). The van der Waals surface area contributed by atoms with Gasteiger partial charge in [-0.2, -0.15) is 0 Å². The van der Waals surface area contributed by atoms with Gasteiger partial charge in [-0.25, -0.2) is 0 Å². The Balaban J connectivity index is 1.71. The van der Waals surface area contributed by atoms with E-state index in [2.05, 4.69) is 40.6 Å². The first-order chi connectivity index (χ1) is 10.6. The van der Waals surface area contributed by atoms with Crippen molar-refractivity contribution in [1.82, 2.24) is 19.7 Å². The molecule has 124 valence electrons. The van der Waals surface area contributed by atoms with Crippen LogP contribution in [0.2, 0.25) is 0 Å². The molecule has 0 radical (unpaired) electrons. The SMILES string of the molecule is CC(C)c1nnc(CN2CCC[C@@H]2[C@@H]2CCCC[C@@H]2O)n1C. The number of hydrogen-bond donors (Lipinski definition) is 1. The topological polar surface area (TPSA) is 54.2 Å². The maximum Gasteiger partial charge on any atom is 0.146 e. The first-order valence-corrected chi connectivity index (χ1v) is 8.88. The molecule has 1 aromatic heterocycles. The number of likely N-dealkylation sites (tertiary alicyclic amines) is 1. The van der Waals surface area contributed by atoms with Crippen LogP contribution in [0, 0.1) is 5.92 Å². The lowest BCUT2D eigenvalue weighted by Gasteiger charge is -2.37. The summed E-state index contributed by atoms with van der Waals surface area (Å²) in [5, 5.41) is 19.1. The molecule has 2 heterocycles. The van der Waals surface area contributed by atoms with Crippen molar-refractivity contribution in [3.63, 3.8) is 0 Å². The largest absolute Gasteiger partial charge is 0.393 e. The van der Waals surface area contributed by atoms with Crippen LogP contribution in [0.1, 0.15) is 69.9 Å².